The molecule has 0 aromatic carbocycles. The lowest BCUT2D eigenvalue weighted by molar-refractivity contribution is 0.122. The van der Waals surface area contributed by atoms with E-state index in [1.807, 2.05) is 0 Å². The predicted molar refractivity (Wildman–Crippen MR) is 63.9 cm³/mol. The van der Waals surface area contributed by atoms with E-state index in [0.29, 0.717) is 6.54 Å². The molecule has 1 aromatic rings. The van der Waals surface area contributed by atoms with Crippen molar-refractivity contribution >= 4 is 21.4 Å². The number of methoxy groups -OCH3 is 1. The fraction of sp³-hybridized carbons (Fsp3) is 0.556. The van der Waals surface area contributed by atoms with Gasteiger partial charge >= 0.3 is 0 Å². The fourth-order valence-corrected chi connectivity index (χ4v) is 3.27. The highest BCUT2D eigenvalue weighted by Gasteiger charge is 2.16. The normalized spacial score (nSPS) is 13.9. The van der Waals surface area contributed by atoms with E-state index >= 15 is 0 Å². The minimum absolute atomic E-state index is 0.151. The molecule has 1 unspecified atom stereocenters. The Morgan fingerprint density at radius 2 is 2.31 bits per heavy atom. The van der Waals surface area contributed by atoms with Crippen molar-refractivity contribution in [2.45, 2.75) is 24.5 Å². The average Bonchev–Trinajstić information content (AvgIpc) is 2.75. The molecule has 0 aliphatic carbocycles. The highest BCUT2D eigenvalue weighted by molar-refractivity contribution is 7.89. The molecular weight excluding hydrogens is 248 g/mol. The van der Waals surface area contributed by atoms with Crippen LogP contribution in [-0.2, 0) is 21.3 Å². The molecule has 0 saturated heterocycles. The average molecular weight is 264 g/mol. The van der Waals surface area contributed by atoms with Gasteiger partial charge in [-0.05, 0) is 13.0 Å². The second-order valence-electron chi connectivity index (χ2n) is 3.35. The molecule has 0 radical (unpaired) electrons. The van der Waals surface area contributed by atoms with Crippen LogP contribution in [0.4, 0.5) is 0 Å². The molecule has 0 amide bonds. The monoisotopic (exact) mass is 264 g/mol. The van der Waals surface area contributed by atoms with E-state index in [1.165, 1.54) is 18.4 Å². The van der Waals surface area contributed by atoms with Crippen molar-refractivity contribution in [2.75, 3.05) is 13.7 Å². The van der Waals surface area contributed by atoms with Crippen LogP contribution in [0.3, 0.4) is 0 Å². The van der Waals surface area contributed by atoms with Crippen LogP contribution in [0.5, 0.6) is 0 Å². The molecule has 1 rings (SSSR count). The molecule has 0 saturated carbocycles. The third-order valence-corrected chi connectivity index (χ3v) is 4.62. The third-order valence-electron chi connectivity index (χ3n) is 2.10. The number of nitrogens with one attached hydrogen (secondary N) is 1. The zero-order chi connectivity index (χ0) is 12.2. The van der Waals surface area contributed by atoms with Crippen molar-refractivity contribution in [1.29, 1.82) is 0 Å². The minimum Gasteiger partial charge on any atom is -0.380 e. The van der Waals surface area contributed by atoms with Gasteiger partial charge in [-0.1, -0.05) is 0 Å². The Balaban J connectivity index is 2.70. The van der Waals surface area contributed by atoms with Crippen LogP contribution in [0.25, 0.3) is 0 Å². The summed E-state index contributed by atoms with van der Waals surface area (Å²) in [6.45, 7) is 2.41. The summed E-state index contributed by atoms with van der Waals surface area (Å²) in [5.41, 5.74) is 5.43. The van der Waals surface area contributed by atoms with E-state index in [2.05, 4.69) is 4.72 Å². The van der Waals surface area contributed by atoms with E-state index < -0.39 is 10.0 Å². The molecule has 0 aliphatic rings. The summed E-state index contributed by atoms with van der Waals surface area (Å²) in [5, 5.41) is 1.59. The Morgan fingerprint density at radius 1 is 1.62 bits per heavy atom. The van der Waals surface area contributed by atoms with Gasteiger partial charge in [0, 0.05) is 30.5 Å². The minimum atomic E-state index is -3.43. The smallest absolute Gasteiger partial charge is 0.241 e. The van der Waals surface area contributed by atoms with Gasteiger partial charge in [-0.15, -0.1) is 11.3 Å². The van der Waals surface area contributed by atoms with Crippen LogP contribution < -0.4 is 10.5 Å². The molecule has 0 spiro atoms. The molecule has 0 bridgehead atoms. The van der Waals surface area contributed by atoms with Crippen LogP contribution in [0.2, 0.25) is 0 Å². The summed E-state index contributed by atoms with van der Waals surface area (Å²) < 4.78 is 31.0. The molecule has 0 aliphatic heterocycles. The first kappa shape index (κ1) is 13.6. The Hall–Kier alpha value is -0.470. The molecule has 1 atom stereocenters. The van der Waals surface area contributed by atoms with E-state index in [1.54, 1.807) is 18.4 Å². The Kier molecular flexibility index (Phi) is 4.88. The summed E-state index contributed by atoms with van der Waals surface area (Å²) in [6, 6.07) is 1.59. The van der Waals surface area contributed by atoms with E-state index in [9.17, 15) is 8.42 Å². The Bertz CT molecular complexity index is 428. The molecule has 1 heterocycles. The molecule has 3 N–H and O–H groups in total. The van der Waals surface area contributed by atoms with Gasteiger partial charge < -0.3 is 10.5 Å². The number of hydrogen-bond donors (Lipinski definition) is 2. The summed E-state index contributed by atoms with van der Waals surface area (Å²) in [6.07, 6.45) is -0.151. The van der Waals surface area contributed by atoms with Crippen LogP contribution in [-0.4, -0.2) is 28.2 Å². The third kappa shape index (κ3) is 3.53. The lowest BCUT2D eigenvalue weighted by atomic mass is 10.4. The predicted octanol–water partition coefficient (Wildman–Crippen LogP) is 0.520. The lowest BCUT2D eigenvalue weighted by Gasteiger charge is -2.10. The lowest BCUT2D eigenvalue weighted by Crippen LogP contribution is -2.31. The van der Waals surface area contributed by atoms with Crippen LogP contribution in [0.15, 0.2) is 16.3 Å². The number of nitrogens with two attached hydrogens (primary N) is 1. The molecule has 0 fully saturated rings. The molecule has 1 aromatic heterocycles. The molecule has 5 nitrogen and oxygen atoms in total. The van der Waals surface area contributed by atoms with Gasteiger partial charge in [0.05, 0.1) is 11.0 Å². The van der Waals surface area contributed by atoms with Gasteiger partial charge in [-0.3, -0.25) is 0 Å². The fourth-order valence-electron chi connectivity index (χ4n) is 1.00. The second-order valence-corrected chi connectivity index (χ2v) is 6.11. The zero-order valence-corrected chi connectivity index (χ0v) is 10.9. The number of hydrogen-bond acceptors (Lipinski definition) is 5. The topological polar surface area (TPSA) is 81.4 Å². The SMILES string of the molecule is COC(C)CNS(=O)(=O)c1csc(CN)c1. The summed E-state index contributed by atoms with van der Waals surface area (Å²) in [4.78, 5) is 1.11. The molecule has 7 heteroatoms. The first-order valence-electron chi connectivity index (χ1n) is 4.79. The van der Waals surface area contributed by atoms with Gasteiger partial charge in [0.2, 0.25) is 10.0 Å². The van der Waals surface area contributed by atoms with Crippen molar-refractivity contribution in [3.05, 3.63) is 16.3 Å². The van der Waals surface area contributed by atoms with Crippen molar-refractivity contribution in [3.63, 3.8) is 0 Å². The van der Waals surface area contributed by atoms with Gasteiger partial charge in [0.1, 0.15) is 0 Å². The number of ether oxygens (including phenoxy) is 1. The molecule has 16 heavy (non-hydrogen) atoms. The quantitative estimate of drug-likeness (QED) is 0.785. The largest absolute Gasteiger partial charge is 0.380 e. The second kappa shape index (κ2) is 5.74. The Labute approximate surface area is 99.7 Å². The number of rotatable bonds is 6. The van der Waals surface area contributed by atoms with Crippen molar-refractivity contribution in [2.24, 2.45) is 5.73 Å². The van der Waals surface area contributed by atoms with E-state index in [-0.39, 0.29) is 17.5 Å². The van der Waals surface area contributed by atoms with Crippen LogP contribution in [0, 0.1) is 0 Å². The van der Waals surface area contributed by atoms with Gasteiger partial charge in [-0.2, -0.15) is 0 Å². The summed E-state index contributed by atoms with van der Waals surface area (Å²) in [7, 11) is -1.89. The first-order chi connectivity index (χ1) is 7.49. The Morgan fingerprint density at radius 3 is 2.81 bits per heavy atom. The number of thiophene rings is 1. The maximum atomic E-state index is 11.8. The van der Waals surface area contributed by atoms with Crippen molar-refractivity contribution < 1.29 is 13.2 Å². The summed E-state index contributed by atoms with van der Waals surface area (Å²) >= 11 is 1.34. The maximum Gasteiger partial charge on any atom is 0.241 e. The molecule has 92 valence electrons. The zero-order valence-electron chi connectivity index (χ0n) is 9.26. The van der Waals surface area contributed by atoms with Gasteiger partial charge in [0.15, 0.2) is 0 Å². The van der Waals surface area contributed by atoms with Gasteiger partial charge in [0.25, 0.3) is 0 Å². The van der Waals surface area contributed by atoms with E-state index in [0.717, 1.165) is 4.88 Å². The highest BCUT2D eigenvalue weighted by Crippen LogP contribution is 2.18. The van der Waals surface area contributed by atoms with E-state index in [4.69, 9.17) is 10.5 Å². The van der Waals surface area contributed by atoms with Crippen molar-refractivity contribution in [3.8, 4) is 0 Å². The van der Waals surface area contributed by atoms with Gasteiger partial charge in [-0.25, -0.2) is 13.1 Å². The first-order valence-corrected chi connectivity index (χ1v) is 7.16. The summed E-state index contributed by atoms with van der Waals surface area (Å²) in [5.74, 6) is 0. The van der Waals surface area contributed by atoms with Crippen LogP contribution in [0.1, 0.15) is 11.8 Å². The van der Waals surface area contributed by atoms with Crippen LogP contribution >= 0.6 is 11.3 Å². The highest BCUT2D eigenvalue weighted by atomic mass is 32.2. The van der Waals surface area contributed by atoms with Crippen molar-refractivity contribution in [1.82, 2.24) is 4.72 Å². The number of sulfonamides is 1. The standard InChI is InChI=1S/C9H16N2O3S2/c1-7(14-2)5-11-16(12,13)9-3-8(4-10)15-6-9/h3,6-7,11H,4-5,10H2,1-2H3. The maximum absolute atomic E-state index is 11.8. The molecular formula is C9H16N2O3S2.